The molecule has 1 aromatic heterocycles. The normalized spacial score (nSPS) is 15.6. The van der Waals surface area contributed by atoms with Gasteiger partial charge in [0.25, 0.3) is 0 Å². The van der Waals surface area contributed by atoms with Gasteiger partial charge in [-0.2, -0.15) is 0 Å². The van der Waals surface area contributed by atoms with Crippen LogP contribution in [0, 0.1) is 0 Å². The fourth-order valence-corrected chi connectivity index (χ4v) is 13.5. The Labute approximate surface area is 221 Å². The van der Waals surface area contributed by atoms with Crippen LogP contribution in [0.25, 0.3) is 10.9 Å². The molecule has 0 aliphatic carbocycles. The largest absolute Gasteiger partial charge is 0.488 e. The Bertz CT molecular complexity index is 1400. The number of fused-ring (bicyclic) bond motifs is 3. The number of benzene rings is 3. The summed E-state index contributed by atoms with van der Waals surface area (Å²) in [6.45, 7) is 14.7. The number of esters is 1. The van der Waals surface area contributed by atoms with Gasteiger partial charge in [0.05, 0.1) is 5.56 Å². The fourth-order valence-electron chi connectivity index (χ4n) is 6.88. The smallest absolute Gasteiger partial charge is 0.339 e. The average Bonchev–Trinajstić information content (AvgIpc) is 3.45. The number of para-hydroxylation sites is 1. The minimum Gasteiger partial charge on any atom is -0.488 e. The molecule has 3 aromatic carbocycles. The SMILES string of the molecule is CC(C)[Si](C(C)C)(C(C)C)n1ccc2c3c(ccc21)C(=O)OC3c1ccccc1OCc1ccccc1. The van der Waals surface area contributed by atoms with Crippen LogP contribution in [0.5, 0.6) is 5.75 Å². The maximum absolute atomic E-state index is 13.1. The number of cyclic esters (lactones) is 1. The molecule has 1 atom stereocenters. The fraction of sp³-hybridized carbons (Fsp3) is 0.344. The number of nitrogens with zero attached hydrogens (tertiary/aromatic N) is 1. The van der Waals surface area contributed by atoms with Gasteiger partial charge >= 0.3 is 5.97 Å². The molecule has 1 aliphatic rings. The summed E-state index contributed by atoms with van der Waals surface area (Å²) < 4.78 is 14.9. The highest BCUT2D eigenvalue weighted by molar-refractivity contribution is 6.82. The summed E-state index contributed by atoms with van der Waals surface area (Å²) in [6.07, 6.45) is 1.77. The average molecular weight is 512 g/mol. The van der Waals surface area contributed by atoms with E-state index in [-0.39, 0.29) is 5.97 Å². The van der Waals surface area contributed by atoms with E-state index in [1.54, 1.807) is 0 Å². The first-order chi connectivity index (χ1) is 17.8. The second-order valence-electron chi connectivity index (χ2n) is 11.1. The molecule has 4 nitrogen and oxygen atoms in total. The molecule has 0 N–H and O–H groups in total. The minimum atomic E-state index is -1.96. The van der Waals surface area contributed by atoms with Crippen molar-refractivity contribution < 1.29 is 14.3 Å². The Morgan fingerprint density at radius 1 is 0.838 bits per heavy atom. The second kappa shape index (κ2) is 9.86. The zero-order valence-electron chi connectivity index (χ0n) is 22.7. The Kier molecular flexibility index (Phi) is 6.75. The molecule has 0 spiro atoms. The van der Waals surface area contributed by atoms with Crippen LogP contribution in [0.3, 0.4) is 0 Å². The second-order valence-corrected chi connectivity index (χ2v) is 16.8. The van der Waals surface area contributed by atoms with Crippen LogP contribution in [-0.4, -0.2) is 18.4 Å². The van der Waals surface area contributed by atoms with E-state index in [9.17, 15) is 4.79 Å². The lowest BCUT2D eigenvalue weighted by Crippen LogP contribution is -2.51. The van der Waals surface area contributed by atoms with Crippen molar-refractivity contribution in [1.29, 1.82) is 0 Å². The molecular weight excluding hydrogens is 474 g/mol. The third kappa shape index (κ3) is 4.10. The molecule has 37 heavy (non-hydrogen) atoms. The molecule has 0 saturated carbocycles. The van der Waals surface area contributed by atoms with Gasteiger partial charge in [0.2, 0.25) is 0 Å². The lowest BCUT2D eigenvalue weighted by Gasteiger charge is -2.44. The van der Waals surface area contributed by atoms with Crippen LogP contribution in [0.15, 0.2) is 79.0 Å². The van der Waals surface area contributed by atoms with E-state index in [1.807, 2.05) is 60.7 Å². The van der Waals surface area contributed by atoms with Gasteiger partial charge in [-0.15, -0.1) is 0 Å². The maximum atomic E-state index is 13.1. The standard InChI is InChI=1S/C32H37NO3Si/c1-21(2)37(22(3)4,23(5)6)33-19-18-25-28(33)17-16-27-30(25)31(36-32(27)34)26-14-10-11-15-29(26)35-20-24-12-8-7-9-13-24/h7-19,21-23,31H,20H2,1-6H3. The predicted molar refractivity (Wildman–Crippen MR) is 153 cm³/mol. The summed E-state index contributed by atoms with van der Waals surface area (Å²) in [4.78, 5) is 13.1. The molecule has 4 aromatic rings. The summed E-state index contributed by atoms with van der Waals surface area (Å²) in [5.41, 5.74) is 6.48. The Balaban J connectivity index is 1.62. The third-order valence-corrected chi connectivity index (χ3v) is 15.0. The molecule has 5 rings (SSSR count). The van der Waals surface area contributed by atoms with Crippen LogP contribution in [0.2, 0.25) is 16.6 Å². The number of carbonyl (C=O) groups is 1. The molecule has 2 heterocycles. The van der Waals surface area contributed by atoms with Crippen molar-refractivity contribution in [3.8, 4) is 5.75 Å². The quantitative estimate of drug-likeness (QED) is 0.176. The van der Waals surface area contributed by atoms with Crippen molar-refractivity contribution in [2.45, 2.75) is 70.9 Å². The Hall–Kier alpha value is -3.31. The highest BCUT2D eigenvalue weighted by Gasteiger charge is 2.46. The van der Waals surface area contributed by atoms with Crippen molar-refractivity contribution in [3.05, 3.63) is 101 Å². The van der Waals surface area contributed by atoms with E-state index in [1.165, 1.54) is 5.52 Å². The van der Waals surface area contributed by atoms with Gasteiger partial charge in [0.1, 0.15) is 12.4 Å². The van der Waals surface area contributed by atoms with Crippen LogP contribution in [0.4, 0.5) is 0 Å². The zero-order chi connectivity index (χ0) is 26.3. The molecule has 0 radical (unpaired) electrons. The molecule has 0 saturated heterocycles. The third-order valence-electron chi connectivity index (χ3n) is 8.25. The molecule has 0 bridgehead atoms. The van der Waals surface area contributed by atoms with Crippen molar-refractivity contribution in [3.63, 3.8) is 0 Å². The number of aromatic nitrogens is 1. The molecule has 1 unspecified atom stereocenters. The van der Waals surface area contributed by atoms with Gasteiger partial charge in [-0.25, -0.2) is 4.79 Å². The van der Waals surface area contributed by atoms with E-state index >= 15 is 0 Å². The molecule has 192 valence electrons. The topological polar surface area (TPSA) is 40.5 Å². The summed E-state index contributed by atoms with van der Waals surface area (Å²) >= 11 is 0. The molecule has 1 aliphatic heterocycles. The first-order valence-corrected chi connectivity index (χ1v) is 15.6. The van der Waals surface area contributed by atoms with Crippen molar-refractivity contribution in [2.24, 2.45) is 0 Å². The van der Waals surface area contributed by atoms with Gasteiger partial charge in [-0.05, 0) is 52.6 Å². The van der Waals surface area contributed by atoms with Crippen molar-refractivity contribution >= 4 is 25.1 Å². The Morgan fingerprint density at radius 2 is 1.49 bits per heavy atom. The highest BCUT2D eigenvalue weighted by atomic mass is 28.3. The lowest BCUT2D eigenvalue weighted by molar-refractivity contribution is 0.0452. The predicted octanol–water partition coefficient (Wildman–Crippen LogP) is 8.50. The van der Waals surface area contributed by atoms with E-state index in [4.69, 9.17) is 9.47 Å². The van der Waals surface area contributed by atoms with Crippen molar-refractivity contribution in [2.75, 3.05) is 0 Å². The van der Waals surface area contributed by atoms with Crippen LogP contribution in [-0.2, 0) is 11.3 Å². The molecule has 0 fully saturated rings. The number of hydrogen-bond donors (Lipinski definition) is 0. The van der Waals surface area contributed by atoms with Gasteiger partial charge in [0, 0.05) is 22.0 Å². The Morgan fingerprint density at radius 3 is 2.16 bits per heavy atom. The first kappa shape index (κ1) is 25.3. The number of carbonyl (C=O) groups excluding carboxylic acids is 1. The molecule has 0 amide bonds. The number of ether oxygens (including phenoxy) is 2. The summed E-state index contributed by atoms with van der Waals surface area (Å²) in [6, 6.07) is 24.3. The minimum absolute atomic E-state index is 0.271. The highest BCUT2D eigenvalue weighted by Crippen LogP contribution is 2.47. The van der Waals surface area contributed by atoms with Gasteiger partial charge in [0.15, 0.2) is 14.3 Å². The first-order valence-electron chi connectivity index (χ1n) is 13.4. The lowest BCUT2D eigenvalue weighted by atomic mass is 9.95. The van der Waals surface area contributed by atoms with Gasteiger partial charge < -0.3 is 13.7 Å². The molecular formula is C32H37NO3Si. The van der Waals surface area contributed by atoms with Crippen LogP contribution in [0.1, 0.15) is 74.7 Å². The summed E-state index contributed by atoms with van der Waals surface area (Å²) in [5.74, 6) is 0.469. The van der Waals surface area contributed by atoms with Crippen LogP contribution < -0.4 is 4.74 Å². The zero-order valence-corrected chi connectivity index (χ0v) is 23.7. The number of hydrogen-bond acceptors (Lipinski definition) is 3. The van der Waals surface area contributed by atoms with Crippen molar-refractivity contribution in [1.82, 2.24) is 4.23 Å². The van der Waals surface area contributed by atoms with Crippen LogP contribution >= 0.6 is 0 Å². The van der Waals surface area contributed by atoms with Gasteiger partial charge in [-0.3, -0.25) is 0 Å². The number of rotatable bonds is 8. The van der Waals surface area contributed by atoms with E-state index < -0.39 is 14.3 Å². The monoisotopic (exact) mass is 511 g/mol. The van der Waals surface area contributed by atoms with Gasteiger partial charge in [-0.1, -0.05) is 90.1 Å². The molecule has 5 heteroatoms. The summed E-state index contributed by atoms with van der Waals surface area (Å²) in [7, 11) is -1.96. The van der Waals surface area contributed by atoms with E-state index in [0.717, 1.165) is 27.8 Å². The van der Waals surface area contributed by atoms with E-state index in [2.05, 4.69) is 64.1 Å². The van der Waals surface area contributed by atoms with E-state index in [0.29, 0.717) is 28.8 Å². The maximum Gasteiger partial charge on any atom is 0.339 e. The summed E-state index contributed by atoms with van der Waals surface area (Å²) in [5, 5.41) is 1.10.